The van der Waals surface area contributed by atoms with E-state index >= 15 is 0 Å². The Kier molecular flexibility index (Phi) is 9.11. The summed E-state index contributed by atoms with van der Waals surface area (Å²) in [6, 6.07) is 8.75. The summed E-state index contributed by atoms with van der Waals surface area (Å²) in [5.41, 5.74) is 3.61. The molecule has 2 aromatic rings. The third-order valence-corrected chi connectivity index (χ3v) is 3.07. The summed E-state index contributed by atoms with van der Waals surface area (Å²) in [6.07, 6.45) is 0. The average molecular weight is 306 g/mol. The van der Waals surface area contributed by atoms with E-state index in [9.17, 15) is 9.50 Å². The van der Waals surface area contributed by atoms with Gasteiger partial charge >= 0.3 is 0 Å². The van der Waals surface area contributed by atoms with Crippen molar-refractivity contribution in [3.63, 3.8) is 0 Å². The number of aromatic hydroxyl groups is 1. The quantitative estimate of drug-likeness (QED) is 0.784. The molecule has 0 bridgehead atoms. The molecule has 122 valence electrons. The van der Waals surface area contributed by atoms with Gasteiger partial charge in [0.25, 0.3) is 0 Å². The van der Waals surface area contributed by atoms with Gasteiger partial charge in [0.1, 0.15) is 0 Å². The molecule has 0 heterocycles. The lowest BCUT2D eigenvalue weighted by atomic mass is 9.94. The molecule has 2 nitrogen and oxygen atoms in total. The number of hydrogen-bond donors (Lipinski definition) is 2. The Balaban J connectivity index is 0.00000102. The van der Waals surface area contributed by atoms with Gasteiger partial charge in [-0.1, -0.05) is 45.9 Å². The van der Waals surface area contributed by atoms with Crippen molar-refractivity contribution in [2.24, 2.45) is 0 Å². The number of phenolic OH excluding ortho intramolecular Hbond substituents is 1. The lowest BCUT2D eigenvalue weighted by molar-refractivity contribution is 0.282. The van der Waals surface area contributed by atoms with Crippen molar-refractivity contribution in [2.75, 3.05) is 0 Å². The van der Waals surface area contributed by atoms with E-state index in [1.54, 1.807) is 6.92 Å². The number of phenols is 1. The summed E-state index contributed by atoms with van der Waals surface area (Å²) in [5.74, 6) is -0.919. The molecule has 0 aliphatic rings. The second-order valence-corrected chi connectivity index (χ2v) is 4.39. The third-order valence-electron chi connectivity index (χ3n) is 3.07. The Hall–Kier alpha value is -1.87. The summed E-state index contributed by atoms with van der Waals surface area (Å²) in [4.78, 5) is 0. The summed E-state index contributed by atoms with van der Waals surface area (Å²) < 4.78 is 13.7. The first-order valence-corrected chi connectivity index (χ1v) is 7.73. The second kappa shape index (κ2) is 9.96. The monoisotopic (exact) mass is 306 g/mol. The lowest BCUT2D eigenvalue weighted by Gasteiger charge is -2.13. The van der Waals surface area contributed by atoms with Crippen molar-refractivity contribution in [2.45, 2.75) is 48.1 Å². The van der Waals surface area contributed by atoms with Crippen molar-refractivity contribution in [3.8, 4) is 16.9 Å². The molecule has 0 aliphatic heterocycles. The minimum atomic E-state index is -0.593. The molecule has 0 radical (unpaired) electrons. The van der Waals surface area contributed by atoms with Crippen molar-refractivity contribution in [3.05, 3.63) is 52.8 Å². The Morgan fingerprint density at radius 2 is 1.59 bits per heavy atom. The molecule has 3 heteroatoms. The van der Waals surface area contributed by atoms with Crippen LogP contribution in [0, 0.1) is 19.7 Å². The fourth-order valence-electron chi connectivity index (χ4n) is 2.21. The maximum atomic E-state index is 13.7. The second-order valence-electron chi connectivity index (χ2n) is 4.39. The van der Waals surface area contributed by atoms with E-state index < -0.39 is 5.82 Å². The summed E-state index contributed by atoms with van der Waals surface area (Å²) in [7, 11) is 0. The molecule has 0 aliphatic carbocycles. The van der Waals surface area contributed by atoms with Crippen LogP contribution < -0.4 is 0 Å². The van der Waals surface area contributed by atoms with Gasteiger partial charge in [0.05, 0.1) is 6.61 Å². The molecule has 2 aromatic carbocycles. The van der Waals surface area contributed by atoms with Gasteiger partial charge < -0.3 is 10.2 Å². The highest BCUT2D eigenvalue weighted by molar-refractivity contribution is 5.72. The number of hydrogen-bond acceptors (Lipinski definition) is 2. The van der Waals surface area contributed by atoms with Crippen LogP contribution in [0.4, 0.5) is 4.39 Å². The van der Waals surface area contributed by atoms with Gasteiger partial charge in [0, 0.05) is 0 Å². The van der Waals surface area contributed by atoms with Crippen LogP contribution in [-0.2, 0) is 6.61 Å². The first-order valence-electron chi connectivity index (χ1n) is 7.73. The van der Waals surface area contributed by atoms with Gasteiger partial charge in [0.2, 0.25) is 0 Å². The zero-order chi connectivity index (χ0) is 17.3. The van der Waals surface area contributed by atoms with Gasteiger partial charge in [-0.05, 0) is 53.8 Å². The zero-order valence-electron chi connectivity index (χ0n) is 14.4. The predicted molar refractivity (Wildman–Crippen MR) is 91.6 cm³/mol. The molecule has 0 aromatic heterocycles. The highest BCUT2D eigenvalue weighted by Gasteiger charge is 2.14. The van der Waals surface area contributed by atoms with E-state index in [1.807, 2.05) is 58.9 Å². The van der Waals surface area contributed by atoms with Crippen molar-refractivity contribution >= 4 is 0 Å². The number of aryl methyl sites for hydroxylation is 1. The number of halogens is 1. The molecule has 0 atom stereocenters. The van der Waals surface area contributed by atoms with Gasteiger partial charge in [-0.25, -0.2) is 4.39 Å². The number of aliphatic hydroxyl groups excluding tert-OH is 1. The van der Waals surface area contributed by atoms with Crippen molar-refractivity contribution in [1.82, 2.24) is 0 Å². The number of aliphatic hydroxyl groups is 1. The Morgan fingerprint density at radius 1 is 1.00 bits per heavy atom. The maximum Gasteiger partial charge on any atom is 0.168 e. The summed E-state index contributed by atoms with van der Waals surface area (Å²) in [6.45, 7) is 11.4. The van der Waals surface area contributed by atoms with E-state index in [4.69, 9.17) is 5.11 Å². The Morgan fingerprint density at radius 3 is 2.14 bits per heavy atom. The smallest absolute Gasteiger partial charge is 0.168 e. The average Bonchev–Trinajstić information content (AvgIpc) is 2.57. The summed E-state index contributed by atoms with van der Waals surface area (Å²) >= 11 is 0. The molecule has 0 fully saturated rings. The number of rotatable bonds is 2. The normalized spacial score (nSPS) is 9.27. The van der Waals surface area contributed by atoms with Crippen LogP contribution in [0.15, 0.2) is 30.3 Å². The minimum Gasteiger partial charge on any atom is -0.505 e. The molecule has 22 heavy (non-hydrogen) atoms. The van der Waals surface area contributed by atoms with Crippen molar-refractivity contribution in [1.29, 1.82) is 0 Å². The molecule has 0 saturated heterocycles. The van der Waals surface area contributed by atoms with Gasteiger partial charge in [-0.15, -0.1) is 0 Å². The lowest BCUT2D eigenvalue weighted by Crippen LogP contribution is -1.94. The summed E-state index contributed by atoms with van der Waals surface area (Å²) in [5, 5.41) is 18.6. The van der Waals surface area contributed by atoms with Crippen LogP contribution in [0.5, 0.6) is 5.75 Å². The molecular weight excluding hydrogens is 279 g/mol. The van der Waals surface area contributed by atoms with Crippen LogP contribution in [0.25, 0.3) is 11.1 Å². The molecule has 0 spiro atoms. The van der Waals surface area contributed by atoms with E-state index in [-0.39, 0.29) is 12.4 Å². The fraction of sp³-hybridized carbons (Fsp3) is 0.368. The van der Waals surface area contributed by atoms with Crippen LogP contribution in [0.3, 0.4) is 0 Å². The first-order chi connectivity index (χ1) is 10.5. The van der Waals surface area contributed by atoms with Gasteiger partial charge in [0.15, 0.2) is 11.6 Å². The van der Waals surface area contributed by atoms with Crippen LogP contribution in [-0.4, -0.2) is 10.2 Å². The molecule has 2 N–H and O–H groups in total. The van der Waals surface area contributed by atoms with Gasteiger partial charge in [-0.3, -0.25) is 0 Å². The molecule has 2 rings (SSSR count). The van der Waals surface area contributed by atoms with E-state index in [0.29, 0.717) is 5.56 Å². The fourth-order valence-corrected chi connectivity index (χ4v) is 2.21. The molecule has 0 amide bonds. The highest BCUT2D eigenvalue weighted by atomic mass is 19.1. The maximum absolute atomic E-state index is 13.7. The molecule has 0 unspecified atom stereocenters. The van der Waals surface area contributed by atoms with Gasteiger partial charge in [-0.2, -0.15) is 0 Å². The van der Waals surface area contributed by atoms with E-state index in [1.165, 1.54) is 6.07 Å². The minimum absolute atomic E-state index is 0.0491. The first kappa shape index (κ1) is 20.1. The zero-order valence-corrected chi connectivity index (χ0v) is 14.4. The molecular formula is C19H27FO2. The Bertz CT molecular complexity index is 592. The number of benzene rings is 2. The largest absolute Gasteiger partial charge is 0.505 e. The van der Waals surface area contributed by atoms with Crippen molar-refractivity contribution < 1.29 is 14.6 Å². The standard InChI is InChI=1S/C15H15FO2.2C2H6/c1-9-6-13(18)15(16)10(2)14(9)12-5-3-4-11(7-12)8-17;2*1-2/h3-7,17-18H,8H2,1-2H3;2*1-2H3. The predicted octanol–water partition coefficient (Wildman–Crippen LogP) is 5.36. The topological polar surface area (TPSA) is 40.5 Å². The van der Waals surface area contributed by atoms with Crippen LogP contribution in [0.2, 0.25) is 0 Å². The van der Waals surface area contributed by atoms with Crippen LogP contribution in [0.1, 0.15) is 44.4 Å². The third kappa shape index (κ3) is 4.57. The SMILES string of the molecule is CC.CC.Cc1cc(O)c(F)c(C)c1-c1cccc(CO)c1. The van der Waals surface area contributed by atoms with Crippen LogP contribution >= 0.6 is 0 Å². The van der Waals surface area contributed by atoms with E-state index in [0.717, 1.165) is 22.3 Å². The highest BCUT2D eigenvalue weighted by Crippen LogP contribution is 2.33. The molecule has 0 saturated carbocycles. The Labute approximate surface area is 133 Å². The van der Waals surface area contributed by atoms with E-state index in [2.05, 4.69) is 0 Å².